The Kier molecular flexibility index (Phi) is 10.3. The number of hydrogen-bond acceptors (Lipinski definition) is 8. The van der Waals surface area contributed by atoms with Gasteiger partial charge in [-0.25, -0.2) is 0 Å². The molecule has 8 nitrogen and oxygen atoms in total. The fourth-order valence-electron chi connectivity index (χ4n) is 4.73. The van der Waals surface area contributed by atoms with Crippen LogP contribution in [0.5, 0.6) is 17.2 Å². The van der Waals surface area contributed by atoms with Crippen molar-refractivity contribution < 1.29 is 28.5 Å². The molecule has 1 amide bonds. The molecular weight excluding hydrogens is 528 g/mol. The van der Waals surface area contributed by atoms with E-state index in [1.807, 2.05) is 66.7 Å². The number of rotatable bonds is 12. The van der Waals surface area contributed by atoms with Gasteiger partial charge in [-0.15, -0.1) is 11.8 Å². The molecule has 0 bridgehead atoms. The van der Waals surface area contributed by atoms with Gasteiger partial charge in [0.15, 0.2) is 17.6 Å². The highest BCUT2D eigenvalue weighted by atomic mass is 32.2. The molecule has 1 aliphatic rings. The molecule has 0 aliphatic carbocycles. The second-order valence-electron chi connectivity index (χ2n) is 9.35. The average molecular weight is 565 g/mol. The van der Waals surface area contributed by atoms with Gasteiger partial charge in [-0.1, -0.05) is 30.3 Å². The highest BCUT2D eigenvalue weighted by molar-refractivity contribution is 7.99. The van der Waals surface area contributed by atoms with Crippen LogP contribution in [0.2, 0.25) is 0 Å². The van der Waals surface area contributed by atoms with Crippen LogP contribution in [0.4, 0.5) is 5.69 Å². The van der Waals surface area contributed by atoms with Crippen molar-refractivity contribution in [2.45, 2.75) is 36.0 Å². The lowest BCUT2D eigenvalue weighted by Crippen LogP contribution is -2.45. The number of nitrogens with zero attached hydrogens (tertiary/aromatic N) is 1. The number of amides is 1. The number of aryl methyl sites for hydroxylation is 1. The van der Waals surface area contributed by atoms with E-state index in [1.165, 1.54) is 24.2 Å². The molecule has 1 N–H and O–H groups in total. The number of thioether (sulfide) groups is 1. The molecule has 3 aromatic rings. The second-order valence-corrected chi connectivity index (χ2v) is 10.5. The van der Waals surface area contributed by atoms with Crippen LogP contribution in [0.25, 0.3) is 0 Å². The van der Waals surface area contributed by atoms with E-state index in [1.54, 1.807) is 26.2 Å². The van der Waals surface area contributed by atoms with E-state index in [0.717, 1.165) is 41.3 Å². The van der Waals surface area contributed by atoms with E-state index in [0.29, 0.717) is 24.6 Å². The monoisotopic (exact) mass is 564 g/mol. The highest BCUT2D eigenvalue weighted by Gasteiger charge is 2.40. The summed E-state index contributed by atoms with van der Waals surface area (Å²) in [6, 6.07) is 21.3. The molecule has 2 atom stereocenters. The number of carbonyl (C=O) groups excluding carboxylic acids is 2. The summed E-state index contributed by atoms with van der Waals surface area (Å²) < 4.78 is 21.8. The summed E-state index contributed by atoms with van der Waals surface area (Å²) in [7, 11) is 4.86. The summed E-state index contributed by atoms with van der Waals surface area (Å²) in [4.78, 5) is 28.8. The third-order valence-electron chi connectivity index (χ3n) is 6.69. The zero-order valence-corrected chi connectivity index (χ0v) is 24.2. The molecule has 2 unspecified atom stereocenters. The molecule has 1 heterocycles. The van der Waals surface area contributed by atoms with Crippen LogP contribution in [0.3, 0.4) is 0 Å². The van der Waals surface area contributed by atoms with Crippen molar-refractivity contribution in [2.24, 2.45) is 0 Å². The third-order valence-corrected chi connectivity index (χ3v) is 8.06. The van der Waals surface area contributed by atoms with Gasteiger partial charge in [0.1, 0.15) is 5.75 Å². The number of anilines is 1. The minimum absolute atomic E-state index is 0.243. The molecule has 40 heavy (non-hydrogen) atoms. The predicted molar refractivity (Wildman–Crippen MR) is 157 cm³/mol. The molecule has 0 spiro atoms. The summed E-state index contributed by atoms with van der Waals surface area (Å²) in [6.07, 6.45) is 0.822. The molecule has 1 aliphatic heterocycles. The van der Waals surface area contributed by atoms with Gasteiger partial charge in [0.25, 0.3) is 5.91 Å². The van der Waals surface area contributed by atoms with Crippen LogP contribution in [-0.4, -0.2) is 58.9 Å². The lowest BCUT2D eigenvalue weighted by molar-refractivity contribution is -0.152. The number of methoxy groups -OCH3 is 3. The largest absolute Gasteiger partial charge is 0.497 e. The molecule has 0 saturated carbocycles. The van der Waals surface area contributed by atoms with Crippen LogP contribution in [0.1, 0.15) is 29.7 Å². The fraction of sp³-hybridized carbons (Fsp3) is 0.355. The predicted octanol–water partition coefficient (Wildman–Crippen LogP) is 5.05. The Labute approximate surface area is 239 Å². The number of fused-ring (bicyclic) bond motifs is 1. The fourth-order valence-corrected chi connectivity index (χ4v) is 6.04. The van der Waals surface area contributed by atoms with Gasteiger partial charge in [-0.3, -0.25) is 9.59 Å². The first-order valence-corrected chi connectivity index (χ1v) is 14.1. The lowest BCUT2D eigenvalue weighted by Gasteiger charge is -2.27. The first-order chi connectivity index (χ1) is 19.4. The molecule has 4 rings (SSSR count). The molecule has 3 aromatic carbocycles. The Hall–Kier alpha value is -3.69. The maximum absolute atomic E-state index is 14.0. The molecule has 9 heteroatoms. The van der Waals surface area contributed by atoms with Gasteiger partial charge >= 0.3 is 5.97 Å². The normalized spacial score (nSPS) is 16.6. The lowest BCUT2D eigenvalue weighted by atomic mass is 10.1. The zero-order valence-electron chi connectivity index (χ0n) is 23.3. The maximum Gasteiger partial charge on any atom is 0.303 e. The van der Waals surface area contributed by atoms with Gasteiger partial charge in [0.05, 0.1) is 32.3 Å². The summed E-state index contributed by atoms with van der Waals surface area (Å²) in [5, 5.41) is 3.03. The van der Waals surface area contributed by atoms with Gasteiger partial charge in [0.2, 0.25) is 0 Å². The Morgan fingerprint density at radius 2 is 1.73 bits per heavy atom. The number of benzene rings is 3. The number of ether oxygens (including phenoxy) is 4. The third kappa shape index (κ3) is 7.08. The molecular formula is C31H36N2O6S. The Morgan fingerprint density at radius 1 is 0.925 bits per heavy atom. The molecule has 0 aromatic heterocycles. The van der Waals surface area contributed by atoms with Gasteiger partial charge in [-0.2, -0.15) is 0 Å². The molecule has 0 radical (unpaired) electrons. The standard InChI is InChI=1S/C31H36N2O6S/c1-21(34)39-29-30(23-10-7-11-24(20-23)36-2)40-28-13-6-5-12-25(28)33(31(29)35)18-17-32-16-8-9-22-14-15-26(37-3)27(19-22)38-4/h5-7,10-15,19-20,29-30,32H,8-9,16-18H2,1-4H3. The van der Waals surface area contributed by atoms with E-state index in [-0.39, 0.29) is 5.91 Å². The number of hydrogen-bond donors (Lipinski definition) is 1. The van der Waals surface area contributed by atoms with Crippen molar-refractivity contribution >= 4 is 29.3 Å². The Morgan fingerprint density at radius 3 is 2.48 bits per heavy atom. The maximum atomic E-state index is 14.0. The summed E-state index contributed by atoms with van der Waals surface area (Å²) in [5.74, 6) is 1.38. The van der Waals surface area contributed by atoms with Crippen molar-refractivity contribution in [1.82, 2.24) is 5.32 Å². The minimum atomic E-state index is -0.980. The Bertz CT molecular complexity index is 1320. The van der Waals surface area contributed by atoms with Crippen molar-refractivity contribution in [2.75, 3.05) is 45.9 Å². The van der Waals surface area contributed by atoms with Crippen LogP contribution in [0, 0.1) is 0 Å². The highest BCUT2D eigenvalue weighted by Crippen LogP contribution is 2.47. The number of carbonyl (C=O) groups is 2. The van der Waals surface area contributed by atoms with E-state index in [4.69, 9.17) is 18.9 Å². The number of esters is 1. The summed E-state index contributed by atoms with van der Waals surface area (Å²) >= 11 is 1.52. The average Bonchev–Trinajstić information content (AvgIpc) is 3.08. The van der Waals surface area contributed by atoms with Crippen LogP contribution >= 0.6 is 11.8 Å². The second kappa shape index (κ2) is 14.1. The van der Waals surface area contributed by atoms with Crippen molar-refractivity contribution in [3.05, 3.63) is 77.9 Å². The van der Waals surface area contributed by atoms with Crippen LogP contribution in [0.15, 0.2) is 71.6 Å². The van der Waals surface area contributed by atoms with Crippen molar-refractivity contribution in [3.8, 4) is 17.2 Å². The van der Waals surface area contributed by atoms with Crippen molar-refractivity contribution in [3.63, 3.8) is 0 Å². The Balaban J connectivity index is 1.45. The quantitative estimate of drug-likeness (QED) is 0.242. The van der Waals surface area contributed by atoms with E-state index in [2.05, 4.69) is 5.32 Å². The summed E-state index contributed by atoms with van der Waals surface area (Å²) in [6.45, 7) is 3.15. The topological polar surface area (TPSA) is 86.3 Å². The van der Waals surface area contributed by atoms with E-state index in [9.17, 15) is 9.59 Å². The zero-order chi connectivity index (χ0) is 28.5. The SMILES string of the molecule is COc1cccc(C2Sc3ccccc3N(CCNCCCc3ccc(OC)c(OC)c3)C(=O)C2OC(C)=O)c1. The number of nitrogens with one attached hydrogen (secondary N) is 1. The molecule has 212 valence electrons. The number of para-hydroxylation sites is 1. The first-order valence-electron chi connectivity index (χ1n) is 13.2. The minimum Gasteiger partial charge on any atom is -0.497 e. The van der Waals surface area contributed by atoms with Crippen LogP contribution < -0.4 is 24.4 Å². The van der Waals surface area contributed by atoms with Gasteiger partial charge < -0.3 is 29.2 Å². The van der Waals surface area contributed by atoms with E-state index < -0.39 is 17.3 Å². The van der Waals surface area contributed by atoms with Gasteiger partial charge in [0, 0.05) is 24.9 Å². The molecule has 0 saturated heterocycles. The first kappa shape index (κ1) is 29.3. The molecule has 0 fully saturated rings. The van der Waals surface area contributed by atoms with Crippen molar-refractivity contribution in [1.29, 1.82) is 0 Å². The smallest absolute Gasteiger partial charge is 0.303 e. The van der Waals surface area contributed by atoms with Crippen LogP contribution in [-0.2, 0) is 20.7 Å². The van der Waals surface area contributed by atoms with Gasteiger partial charge in [-0.05, 0) is 66.9 Å². The van der Waals surface area contributed by atoms with E-state index >= 15 is 0 Å². The summed E-state index contributed by atoms with van der Waals surface area (Å²) in [5.41, 5.74) is 2.84.